The van der Waals surface area contributed by atoms with Crippen molar-refractivity contribution in [3.05, 3.63) is 29.8 Å². The predicted molar refractivity (Wildman–Crippen MR) is 76.6 cm³/mol. The maximum Gasteiger partial charge on any atom is 0.387 e. The van der Waals surface area contributed by atoms with E-state index in [1.54, 1.807) is 12.1 Å². The molecule has 2 N–H and O–H groups in total. The van der Waals surface area contributed by atoms with Gasteiger partial charge in [0.25, 0.3) is 0 Å². The van der Waals surface area contributed by atoms with Gasteiger partial charge >= 0.3 is 6.61 Å². The minimum atomic E-state index is -2.83. The summed E-state index contributed by atoms with van der Waals surface area (Å²) in [5.41, 5.74) is 0.692. The van der Waals surface area contributed by atoms with Crippen LogP contribution in [0.1, 0.15) is 24.5 Å². The van der Waals surface area contributed by atoms with Gasteiger partial charge in [0.2, 0.25) is 0 Å². The van der Waals surface area contributed by atoms with Crippen LogP contribution in [-0.2, 0) is 0 Å². The van der Waals surface area contributed by atoms with Crippen LogP contribution in [0.3, 0.4) is 0 Å². The molecular formula is C15H22F2N2O2. The lowest BCUT2D eigenvalue weighted by Gasteiger charge is -2.30. The third-order valence-corrected chi connectivity index (χ3v) is 3.81. The Kier molecular flexibility index (Phi) is 5.90. The van der Waals surface area contributed by atoms with Gasteiger partial charge in [-0.2, -0.15) is 8.78 Å². The summed E-state index contributed by atoms with van der Waals surface area (Å²) in [7, 11) is 2.11. The molecule has 0 amide bonds. The van der Waals surface area contributed by atoms with Gasteiger partial charge in [-0.3, -0.25) is 0 Å². The second-order valence-electron chi connectivity index (χ2n) is 5.45. The maximum atomic E-state index is 12.0. The molecule has 0 spiro atoms. The molecule has 21 heavy (non-hydrogen) atoms. The average molecular weight is 300 g/mol. The minimum Gasteiger partial charge on any atom is -0.435 e. The van der Waals surface area contributed by atoms with Gasteiger partial charge in [0.05, 0.1) is 6.10 Å². The fraction of sp³-hybridized carbons (Fsp3) is 0.600. The first-order valence-corrected chi connectivity index (χ1v) is 7.19. The minimum absolute atomic E-state index is 0.101. The number of likely N-dealkylation sites (tertiary alicyclic amines) is 1. The summed E-state index contributed by atoms with van der Waals surface area (Å²) in [5.74, 6) is 0.101. The van der Waals surface area contributed by atoms with Crippen molar-refractivity contribution in [3.8, 4) is 5.75 Å². The lowest BCUT2D eigenvalue weighted by Crippen LogP contribution is -2.42. The van der Waals surface area contributed by atoms with Gasteiger partial charge in [-0.15, -0.1) is 0 Å². The van der Waals surface area contributed by atoms with E-state index in [1.807, 2.05) is 0 Å². The van der Waals surface area contributed by atoms with Crippen molar-refractivity contribution in [3.63, 3.8) is 0 Å². The number of piperidine rings is 1. The van der Waals surface area contributed by atoms with Crippen molar-refractivity contribution in [2.24, 2.45) is 0 Å². The molecule has 1 heterocycles. The first-order chi connectivity index (χ1) is 10.0. The molecule has 1 aromatic carbocycles. The van der Waals surface area contributed by atoms with E-state index in [9.17, 15) is 13.9 Å². The fourth-order valence-electron chi connectivity index (χ4n) is 2.48. The second-order valence-corrected chi connectivity index (χ2v) is 5.45. The van der Waals surface area contributed by atoms with Crippen molar-refractivity contribution in [1.29, 1.82) is 0 Å². The summed E-state index contributed by atoms with van der Waals surface area (Å²) in [5, 5.41) is 13.5. The van der Waals surface area contributed by atoms with E-state index in [-0.39, 0.29) is 5.75 Å². The van der Waals surface area contributed by atoms with Crippen LogP contribution in [0.4, 0.5) is 8.78 Å². The van der Waals surface area contributed by atoms with Crippen molar-refractivity contribution in [1.82, 2.24) is 10.2 Å². The first-order valence-electron chi connectivity index (χ1n) is 7.19. The topological polar surface area (TPSA) is 44.7 Å². The normalized spacial score (nSPS) is 18.9. The van der Waals surface area contributed by atoms with Gasteiger partial charge in [-0.1, -0.05) is 12.1 Å². The van der Waals surface area contributed by atoms with Crippen LogP contribution in [0.5, 0.6) is 5.75 Å². The SMILES string of the molecule is CN1CCC(NCC(O)c2ccc(OC(F)F)cc2)CC1. The highest BCUT2D eigenvalue weighted by Crippen LogP contribution is 2.19. The Morgan fingerprint density at radius 1 is 1.29 bits per heavy atom. The average Bonchev–Trinajstić information content (AvgIpc) is 2.46. The molecule has 1 atom stereocenters. The fourth-order valence-corrected chi connectivity index (χ4v) is 2.48. The van der Waals surface area contributed by atoms with Crippen LogP contribution in [0.25, 0.3) is 0 Å². The molecule has 1 aromatic rings. The Morgan fingerprint density at radius 3 is 2.48 bits per heavy atom. The van der Waals surface area contributed by atoms with Gasteiger partial charge in [0, 0.05) is 12.6 Å². The number of hydrogen-bond donors (Lipinski definition) is 2. The highest BCUT2D eigenvalue weighted by atomic mass is 19.3. The number of halogens is 2. The zero-order chi connectivity index (χ0) is 15.2. The van der Waals surface area contributed by atoms with E-state index < -0.39 is 12.7 Å². The number of nitrogens with zero attached hydrogens (tertiary/aromatic N) is 1. The van der Waals surface area contributed by atoms with E-state index in [1.165, 1.54) is 12.1 Å². The van der Waals surface area contributed by atoms with Gasteiger partial charge in [-0.05, 0) is 50.7 Å². The molecule has 1 unspecified atom stereocenters. The van der Waals surface area contributed by atoms with Crippen molar-refractivity contribution >= 4 is 0 Å². The third kappa shape index (κ3) is 5.22. The van der Waals surface area contributed by atoms with Crippen molar-refractivity contribution in [2.75, 3.05) is 26.7 Å². The maximum absolute atomic E-state index is 12.0. The molecule has 6 heteroatoms. The Labute approximate surface area is 123 Å². The second kappa shape index (κ2) is 7.68. The number of aliphatic hydroxyl groups excluding tert-OH is 1. The van der Waals surface area contributed by atoms with E-state index in [4.69, 9.17) is 0 Å². The molecule has 1 aliphatic heterocycles. The van der Waals surface area contributed by atoms with E-state index in [0.717, 1.165) is 25.9 Å². The smallest absolute Gasteiger partial charge is 0.387 e. The molecular weight excluding hydrogens is 278 g/mol. The number of nitrogens with one attached hydrogen (secondary N) is 1. The lowest BCUT2D eigenvalue weighted by atomic mass is 10.0. The standard InChI is InChI=1S/C15H22F2N2O2/c1-19-8-6-12(7-9-19)18-10-14(20)11-2-4-13(5-3-11)21-15(16)17/h2-5,12,14-15,18,20H,6-10H2,1H3. The zero-order valence-corrected chi connectivity index (χ0v) is 12.1. The van der Waals surface area contributed by atoms with Gasteiger partial charge in [0.15, 0.2) is 0 Å². The molecule has 1 aliphatic rings. The Hall–Kier alpha value is -1.24. The molecule has 0 aliphatic carbocycles. The van der Waals surface area contributed by atoms with Crippen molar-refractivity contribution < 1.29 is 18.6 Å². The van der Waals surface area contributed by atoms with Crippen LogP contribution in [0.2, 0.25) is 0 Å². The first kappa shape index (κ1) is 16.1. The molecule has 0 saturated carbocycles. The molecule has 1 fully saturated rings. The number of benzene rings is 1. The summed E-state index contributed by atoms with van der Waals surface area (Å²) in [4.78, 5) is 2.29. The monoisotopic (exact) mass is 300 g/mol. The Bertz CT molecular complexity index is 420. The van der Waals surface area contributed by atoms with Crippen LogP contribution in [0.15, 0.2) is 24.3 Å². The zero-order valence-electron chi connectivity index (χ0n) is 12.1. The highest BCUT2D eigenvalue weighted by molar-refractivity contribution is 5.28. The number of rotatable bonds is 6. The van der Waals surface area contributed by atoms with Crippen LogP contribution in [0, 0.1) is 0 Å². The highest BCUT2D eigenvalue weighted by Gasteiger charge is 2.17. The Morgan fingerprint density at radius 2 is 1.90 bits per heavy atom. The van der Waals surface area contributed by atoms with Gasteiger partial charge in [0.1, 0.15) is 5.75 Å². The number of ether oxygens (including phenoxy) is 1. The Balaban J connectivity index is 1.78. The quantitative estimate of drug-likeness (QED) is 0.843. The summed E-state index contributed by atoms with van der Waals surface area (Å²) in [6, 6.07) is 6.54. The predicted octanol–water partition coefficient (Wildman–Crippen LogP) is 2.01. The summed E-state index contributed by atoms with van der Waals surface area (Å²) >= 11 is 0. The molecule has 4 nitrogen and oxygen atoms in total. The lowest BCUT2D eigenvalue weighted by molar-refractivity contribution is -0.0498. The van der Waals surface area contributed by atoms with E-state index in [2.05, 4.69) is 22.0 Å². The molecule has 118 valence electrons. The van der Waals surface area contributed by atoms with E-state index in [0.29, 0.717) is 18.2 Å². The van der Waals surface area contributed by atoms with Crippen molar-refractivity contribution in [2.45, 2.75) is 31.6 Å². The largest absolute Gasteiger partial charge is 0.435 e. The molecule has 0 bridgehead atoms. The summed E-state index contributed by atoms with van der Waals surface area (Å²) in [6.07, 6.45) is 1.50. The van der Waals surface area contributed by atoms with E-state index >= 15 is 0 Å². The number of aliphatic hydroxyl groups is 1. The van der Waals surface area contributed by atoms with Gasteiger partial charge < -0.3 is 20.1 Å². The molecule has 1 saturated heterocycles. The number of hydrogen-bond acceptors (Lipinski definition) is 4. The summed E-state index contributed by atoms with van der Waals surface area (Å²) in [6.45, 7) is -0.239. The van der Waals surface area contributed by atoms with Gasteiger partial charge in [-0.25, -0.2) is 0 Å². The van der Waals surface area contributed by atoms with Crippen LogP contribution in [-0.4, -0.2) is 49.3 Å². The summed E-state index contributed by atoms with van der Waals surface area (Å²) < 4.78 is 28.4. The molecule has 0 aromatic heterocycles. The molecule has 2 rings (SSSR count). The number of alkyl halides is 2. The molecule has 0 radical (unpaired) electrons. The van der Waals surface area contributed by atoms with Crippen LogP contribution >= 0.6 is 0 Å². The van der Waals surface area contributed by atoms with Crippen LogP contribution < -0.4 is 10.1 Å². The third-order valence-electron chi connectivity index (χ3n) is 3.81.